The van der Waals surface area contributed by atoms with E-state index in [4.69, 9.17) is 4.42 Å². The maximum Gasteiger partial charge on any atom is 0.226 e. The molecule has 1 fully saturated rings. The average Bonchev–Trinajstić information content (AvgIpc) is 3.29. The van der Waals surface area contributed by atoms with E-state index in [-0.39, 0.29) is 0 Å². The maximum atomic E-state index is 5.62. The maximum absolute atomic E-state index is 5.62. The molecule has 0 aliphatic heterocycles. The number of nitrogens with one attached hydrogen (secondary N) is 2. The van der Waals surface area contributed by atoms with Crippen molar-refractivity contribution in [1.29, 1.82) is 0 Å². The fourth-order valence-corrected chi connectivity index (χ4v) is 4.38. The van der Waals surface area contributed by atoms with Crippen molar-refractivity contribution in [2.45, 2.75) is 50.9 Å². The molecule has 1 saturated carbocycles. The van der Waals surface area contributed by atoms with E-state index in [0.717, 1.165) is 22.5 Å². The van der Waals surface area contributed by atoms with Gasteiger partial charge < -0.3 is 15.1 Å². The Hall–Kier alpha value is -1.95. The third kappa shape index (κ3) is 5.04. The van der Waals surface area contributed by atoms with Gasteiger partial charge in [0.05, 0.1) is 12.2 Å². The van der Waals surface area contributed by atoms with Gasteiger partial charge in [0.2, 0.25) is 5.89 Å². The Kier molecular flexibility index (Phi) is 6.61. The Morgan fingerprint density at radius 3 is 2.85 bits per heavy atom. The standard InChI is InChI=1S/C20H28N4OS/c1-4-26-18-10-9-16(11-18)24-20(21-3)22-12-17-13-25-19(23-17)15-7-5-14(2)6-8-15/h5-8,13,16,18H,4,9-12H2,1-3H3,(H2,21,22,24). The molecule has 26 heavy (non-hydrogen) atoms. The molecule has 1 heterocycles. The third-order valence-electron chi connectivity index (χ3n) is 4.64. The van der Waals surface area contributed by atoms with E-state index in [9.17, 15) is 0 Å². The van der Waals surface area contributed by atoms with E-state index < -0.39 is 0 Å². The van der Waals surface area contributed by atoms with Crippen molar-refractivity contribution >= 4 is 17.7 Å². The van der Waals surface area contributed by atoms with E-state index in [1.165, 1.54) is 30.6 Å². The molecule has 6 heteroatoms. The first-order valence-electron chi connectivity index (χ1n) is 9.28. The van der Waals surface area contributed by atoms with E-state index in [1.54, 1.807) is 6.26 Å². The van der Waals surface area contributed by atoms with Crippen molar-refractivity contribution in [3.05, 3.63) is 41.8 Å². The second-order valence-electron chi connectivity index (χ2n) is 6.67. The minimum absolute atomic E-state index is 0.505. The SMILES string of the molecule is CCSC1CCC(NC(=NC)NCc2coc(-c3ccc(C)cc3)n2)C1. The number of aliphatic imine (C=N–C) groups is 1. The smallest absolute Gasteiger partial charge is 0.226 e. The monoisotopic (exact) mass is 372 g/mol. The lowest BCUT2D eigenvalue weighted by Crippen LogP contribution is -2.42. The van der Waals surface area contributed by atoms with Gasteiger partial charge in [0.15, 0.2) is 5.96 Å². The Labute approximate surface area is 160 Å². The number of oxazole rings is 1. The van der Waals surface area contributed by atoms with Crippen LogP contribution < -0.4 is 10.6 Å². The molecule has 2 aromatic rings. The van der Waals surface area contributed by atoms with Gasteiger partial charge in [0.1, 0.15) is 6.26 Å². The van der Waals surface area contributed by atoms with Gasteiger partial charge in [0.25, 0.3) is 0 Å². The molecule has 2 N–H and O–H groups in total. The molecule has 140 valence electrons. The van der Waals surface area contributed by atoms with Gasteiger partial charge in [0, 0.05) is 23.9 Å². The Bertz CT molecular complexity index is 726. The molecule has 0 radical (unpaired) electrons. The van der Waals surface area contributed by atoms with Crippen molar-refractivity contribution in [3.63, 3.8) is 0 Å². The summed E-state index contributed by atoms with van der Waals surface area (Å²) in [6, 6.07) is 8.70. The minimum Gasteiger partial charge on any atom is -0.444 e. The summed E-state index contributed by atoms with van der Waals surface area (Å²) in [5.74, 6) is 2.68. The second-order valence-corrected chi connectivity index (χ2v) is 8.24. The first-order valence-corrected chi connectivity index (χ1v) is 10.3. The zero-order valence-electron chi connectivity index (χ0n) is 15.8. The molecule has 2 atom stereocenters. The normalized spacial score (nSPS) is 20.3. The molecule has 2 unspecified atom stereocenters. The quantitative estimate of drug-likeness (QED) is 0.593. The molecule has 3 rings (SSSR count). The van der Waals surface area contributed by atoms with Crippen LogP contribution >= 0.6 is 11.8 Å². The van der Waals surface area contributed by atoms with Crippen LogP contribution in [0.15, 0.2) is 39.9 Å². The summed E-state index contributed by atoms with van der Waals surface area (Å²) in [5.41, 5.74) is 3.09. The van der Waals surface area contributed by atoms with Crippen LogP contribution in [0.1, 0.15) is 37.4 Å². The first-order chi connectivity index (χ1) is 12.7. The van der Waals surface area contributed by atoms with Gasteiger partial charge in [-0.2, -0.15) is 11.8 Å². The molecule has 1 aromatic carbocycles. The van der Waals surface area contributed by atoms with Crippen molar-refractivity contribution in [2.75, 3.05) is 12.8 Å². The van der Waals surface area contributed by atoms with Crippen molar-refractivity contribution < 1.29 is 4.42 Å². The Balaban J connectivity index is 1.51. The van der Waals surface area contributed by atoms with Crippen LogP contribution in [0.5, 0.6) is 0 Å². The lowest BCUT2D eigenvalue weighted by Gasteiger charge is -2.17. The summed E-state index contributed by atoms with van der Waals surface area (Å²) in [4.78, 5) is 8.91. The van der Waals surface area contributed by atoms with Crippen LogP contribution in [0.25, 0.3) is 11.5 Å². The summed E-state index contributed by atoms with van der Waals surface area (Å²) in [6.45, 7) is 4.89. The summed E-state index contributed by atoms with van der Waals surface area (Å²) < 4.78 is 5.62. The highest BCUT2D eigenvalue weighted by atomic mass is 32.2. The van der Waals surface area contributed by atoms with E-state index in [2.05, 4.69) is 58.4 Å². The number of thioether (sulfide) groups is 1. The fourth-order valence-electron chi connectivity index (χ4n) is 3.24. The number of rotatable bonds is 6. The molecular formula is C20H28N4OS. The number of hydrogen-bond donors (Lipinski definition) is 2. The Morgan fingerprint density at radius 1 is 1.31 bits per heavy atom. The molecule has 1 aliphatic carbocycles. The van der Waals surface area contributed by atoms with Gasteiger partial charge in [-0.1, -0.05) is 24.6 Å². The number of guanidine groups is 1. The van der Waals surface area contributed by atoms with Gasteiger partial charge in [-0.05, 0) is 44.1 Å². The number of aromatic nitrogens is 1. The highest BCUT2D eigenvalue weighted by molar-refractivity contribution is 7.99. The van der Waals surface area contributed by atoms with Gasteiger partial charge >= 0.3 is 0 Å². The predicted octanol–water partition coefficient (Wildman–Crippen LogP) is 3.99. The molecule has 1 aliphatic rings. The molecule has 0 amide bonds. The summed E-state index contributed by atoms with van der Waals surface area (Å²) in [7, 11) is 1.81. The molecule has 0 spiro atoms. The molecular weight excluding hydrogens is 344 g/mol. The highest BCUT2D eigenvalue weighted by Crippen LogP contribution is 2.29. The predicted molar refractivity (Wildman–Crippen MR) is 110 cm³/mol. The highest BCUT2D eigenvalue weighted by Gasteiger charge is 2.25. The van der Waals surface area contributed by atoms with Crippen LogP contribution in [0.2, 0.25) is 0 Å². The topological polar surface area (TPSA) is 62.5 Å². The van der Waals surface area contributed by atoms with Gasteiger partial charge in [-0.15, -0.1) is 0 Å². The largest absolute Gasteiger partial charge is 0.444 e. The van der Waals surface area contributed by atoms with Gasteiger partial charge in [-0.3, -0.25) is 4.99 Å². The average molecular weight is 373 g/mol. The summed E-state index contributed by atoms with van der Waals surface area (Å²) >= 11 is 2.07. The zero-order chi connectivity index (χ0) is 18.4. The first kappa shape index (κ1) is 18.8. The van der Waals surface area contributed by atoms with Crippen molar-refractivity contribution in [1.82, 2.24) is 15.6 Å². The van der Waals surface area contributed by atoms with Crippen molar-refractivity contribution in [2.24, 2.45) is 4.99 Å². The van der Waals surface area contributed by atoms with Crippen LogP contribution in [-0.2, 0) is 6.54 Å². The molecule has 1 aromatic heterocycles. The number of benzene rings is 1. The number of aryl methyl sites for hydroxylation is 1. The van der Waals surface area contributed by atoms with Gasteiger partial charge in [-0.25, -0.2) is 4.98 Å². The van der Waals surface area contributed by atoms with Crippen molar-refractivity contribution in [3.8, 4) is 11.5 Å². The number of nitrogens with zero attached hydrogens (tertiary/aromatic N) is 2. The summed E-state index contributed by atoms with van der Waals surface area (Å²) in [6.07, 6.45) is 5.41. The molecule has 0 saturated heterocycles. The van der Waals surface area contributed by atoms with Crippen LogP contribution in [0.4, 0.5) is 0 Å². The van der Waals surface area contributed by atoms with Crippen LogP contribution in [0, 0.1) is 6.92 Å². The van der Waals surface area contributed by atoms with Crippen LogP contribution in [-0.4, -0.2) is 35.0 Å². The third-order valence-corrected chi connectivity index (χ3v) is 5.87. The van der Waals surface area contributed by atoms with E-state index in [0.29, 0.717) is 18.5 Å². The van der Waals surface area contributed by atoms with E-state index >= 15 is 0 Å². The molecule has 0 bridgehead atoms. The number of hydrogen-bond acceptors (Lipinski definition) is 4. The zero-order valence-corrected chi connectivity index (χ0v) is 16.6. The lowest BCUT2D eigenvalue weighted by molar-refractivity contribution is 0.571. The van der Waals surface area contributed by atoms with Crippen LogP contribution in [0.3, 0.4) is 0 Å². The van der Waals surface area contributed by atoms with E-state index in [1.807, 2.05) is 19.2 Å². The minimum atomic E-state index is 0.505. The Morgan fingerprint density at radius 2 is 2.12 bits per heavy atom. The molecule has 5 nitrogen and oxygen atoms in total. The lowest BCUT2D eigenvalue weighted by atomic mass is 10.1. The summed E-state index contributed by atoms with van der Waals surface area (Å²) in [5, 5.41) is 7.66. The fraction of sp³-hybridized carbons (Fsp3) is 0.500. The second kappa shape index (κ2) is 9.12.